The smallest absolute Gasteiger partial charge is 0.0671 e. The van der Waals surface area contributed by atoms with Crippen molar-refractivity contribution in [3.05, 3.63) is 33.8 Å². The summed E-state index contributed by atoms with van der Waals surface area (Å²) in [6.07, 6.45) is 0.206. The van der Waals surface area contributed by atoms with E-state index in [1.165, 1.54) is 0 Å². The second-order valence-electron chi connectivity index (χ2n) is 3.23. The standard InChI is InChI=1S/C11H14Cl2OS/c1-2-15-7-9(14)6-8-4-3-5-10(12)11(8)13/h3-5,9,14H,2,6-7H2,1H3. The first kappa shape index (κ1) is 13.2. The fourth-order valence-corrected chi connectivity index (χ4v) is 2.30. The molecule has 0 amide bonds. The van der Waals surface area contributed by atoms with E-state index >= 15 is 0 Å². The van der Waals surface area contributed by atoms with Gasteiger partial charge in [-0.15, -0.1) is 0 Å². The topological polar surface area (TPSA) is 20.2 Å². The van der Waals surface area contributed by atoms with Gasteiger partial charge in [-0.3, -0.25) is 0 Å². The lowest BCUT2D eigenvalue weighted by Crippen LogP contribution is -2.14. The number of aliphatic hydroxyl groups is 1. The molecule has 0 radical (unpaired) electrons. The number of halogens is 2. The van der Waals surface area contributed by atoms with E-state index in [1.807, 2.05) is 12.1 Å². The first-order chi connectivity index (χ1) is 7.15. The van der Waals surface area contributed by atoms with Gasteiger partial charge in [0.25, 0.3) is 0 Å². The molecule has 1 rings (SSSR count). The van der Waals surface area contributed by atoms with E-state index in [1.54, 1.807) is 17.8 Å². The van der Waals surface area contributed by atoms with Gasteiger partial charge in [0.05, 0.1) is 16.1 Å². The van der Waals surface area contributed by atoms with Gasteiger partial charge >= 0.3 is 0 Å². The highest BCUT2D eigenvalue weighted by molar-refractivity contribution is 7.99. The second-order valence-corrected chi connectivity index (χ2v) is 5.33. The average molecular weight is 265 g/mol. The first-order valence-corrected chi connectivity index (χ1v) is 6.75. The van der Waals surface area contributed by atoms with Crippen LogP contribution >= 0.6 is 35.0 Å². The van der Waals surface area contributed by atoms with Crippen molar-refractivity contribution in [2.24, 2.45) is 0 Å². The molecule has 0 heterocycles. The Balaban J connectivity index is 2.60. The normalized spacial score (nSPS) is 12.8. The molecule has 1 aromatic carbocycles. The number of hydrogen-bond acceptors (Lipinski definition) is 2. The summed E-state index contributed by atoms with van der Waals surface area (Å²) < 4.78 is 0. The molecule has 1 aromatic rings. The zero-order valence-electron chi connectivity index (χ0n) is 8.54. The summed E-state index contributed by atoms with van der Waals surface area (Å²) >= 11 is 13.6. The summed E-state index contributed by atoms with van der Waals surface area (Å²) in [7, 11) is 0. The largest absolute Gasteiger partial charge is 0.392 e. The SMILES string of the molecule is CCSCC(O)Cc1cccc(Cl)c1Cl. The molecule has 1 N–H and O–H groups in total. The molecule has 0 bridgehead atoms. The Morgan fingerprint density at radius 1 is 1.40 bits per heavy atom. The third-order valence-electron chi connectivity index (χ3n) is 2.00. The summed E-state index contributed by atoms with van der Waals surface area (Å²) in [6.45, 7) is 2.07. The molecule has 1 atom stereocenters. The maximum atomic E-state index is 9.73. The van der Waals surface area contributed by atoms with Crippen LogP contribution in [0.3, 0.4) is 0 Å². The van der Waals surface area contributed by atoms with Crippen LogP contribution in [0.2, 0.25) is 10.0 Å². The Morgan fingerprint density at radius 3 is 2.80 bits per heavy atom. The lowest BCUT2D eigenvalue weighted by Gasteiger charge is -2.11. The van der Waals surface area contributed by atoms with E-state index in [9.17, 15) is 5.11 Å². The summed E-state index contributed by atoms with van der Waals surface area (Å²) in [4.78, 5) is 0. The summed E-state index contributed by atoms with van der Waals surface area (Å²) in [6, 6.07) is 5.50. The second kappa shape index (κ2) is 6.64. The van der Waals surface area contributed by atoms with Crippen LogP contribution in [0, 0.1) is 0 Å². The number of hydrogen-bond donors (Lipinski definition) is 1. The van der Waals surface area contributed by atoms with Crippen molar-refractivity contribution in [1.82, 2.24) is 0 Å². The highest BCUT2D eigenvalue weighted by Crippen LogP contribution is 2.26. The minimum atomic E-state index is -0.356. The Bertz CT molecular complexity index is 317. The van der Waals surface area contributed by atoms with Crippen LogP contribution in [-0.4, -0.2) is 22.7 Å². The van der Waals surface area contributed by atoms with Gasteiger partial charge < -0.3 is 5.11 Å². The maximum Gasteiger partial charge on any atom is 0.0671 e. The Kier molecular flexibility index (Phi) is 5.83. The molecule has 1 nitrogen and oxygen atoms in total. The molecule has 0 fully saturated rings. The van der Waals surface area contributed by atoms with Crippen LogP contribution in [0.1, 0.15) is 12.5 Å². The molecule has 0 aromatic heterocycles. The van der Waals surface area contributed by atoms with E-state index in [2.05, 4.69) is 6.92 Å². The number of thioether (sulfide) groups is 1. The lowest BCUT2D eigenvalue weighted by molar-refractivity contribution is 0.200. The van der Waals surface area contributed by atoms with Crippen molar-refractivity contribution in [2.45, 2.75) is 19.4 Å². The third-order valence-corrected chi connectivity index (χ3v) is 3.89. The van der Waals surface area contributed by atoms with E-state index in [4.69, 9.17) is 23.2 Å². The van der Waals surface area contributed by atoms with Crippen LogP contribution in [-0.2, 0) is 6.42 Å². The number of benzene rings is 1. The van der Waals surface area contributed by atoms with Crippen molar-refractivity contribution in [2.75, 3.05) is 11.5 Å². The fourth-order valence-electron chi connectivity index (χ4n) is 1.27. The van der Waals surface area contributed by atoms with Gasteiger partial charge in [0, 0.05) is 12.2 Å². The van der Waals surface area contributed by atoms with Gasteiger partial charge in [-0.2, -0.15) is 11.8 Å². The highest BCUT2D eigenvalue weighted by atomic mass is 35.5. The molecular formula is C11H14Cl2OS. The van der Waals surface area contributed by atoms with Crippen molar-refractivity contribution in [1.29, 1.82) is 0 Å². The molecular weight excluding hydrogens is 251 g/mol. The third kappa shape index (κ3) is 4.23. The monoisotopic (exact) mass is 264 g/mol. The van der Waals surface area contributed by atoms with Crippen molar-refractivity contribution in [3.8, 4) is 0 Å². The molecule has 0 spiro atoms. The van der Waals surface area contributed by atoms with Crippen LogP contribution in [0.4, 0.5) is 0 Å². The number of aliphatic hydroxyl groups excluding tert-OH is 1. The average Bonchev–Trinajstić information content (AvgIpc) is 2.22. The number of rotatable bonds is 5. The summed E-state index contributed by atoms with van der Waals surface area (Å²) in [5.41, 5.74) is 0.911. The lowest BCUT2D eigenvalue weighted by atomic mass is 10.1. The van der Waals surface area contributed by atoms with Gasteiger partial charge in [0.2, 0.25) is 0 Å². The molecule has 84 valence electrons. The molecule has 0 saturated heterocycles. The molecule has 0 aliphatic heterocycles. The van der Waals surface area contributed by atoms with Crippen molar-refractivity contribution >= 4 is 35.0 Å². The molecule has 0 aliphatic carbocycles. The predicted octanol–water partition coefficient (Wildman–Crippen LogP) is 3.65. The Labute approximate surface area is 105 Å². The van der Waals surface area contributed by atoms with Crippen molar-refractivity contribution in [3.63, 3.8) is 0 Å². The minimum Gasteiger partial charge on any atom is -0.392 e. The van der Waals surface area contributed by atoms with Crippen LogP contribution in [0.5, 0.6) is 0 Å². The molecule has 15 heavy (non-hydrogen) atoms. The maximum absolute atomic E-state index is 9.73. The zero-order valence-corrected chi connectivity index (χ0v) is 10.9. The van der Waals surface area contributed by atoms with Gasteiger partial charge in [-0.1, -0.05) is 42.3 Å². The predicted molar refractivity (Wildman–Crippen MR) is 69.2 cm³/mol. The van der Waals surface area contributed by atoms with E-state index in [-0.39, 0.29) is 6.10 Å². The van der Waals surface area contributed by atoms with Crippen LogP contribution in [0.25, 0.3) is 0 Å². The minimum absolute atomic E-state index is 0.356. The zero-order chi connectivity index (χ0) is 11.3. The first-order valence-electron chi connectivity index (χ1n) is 4.83. The Morgan fingerprint density at radius 2 is 2.13 bits per heavy atom. The van der Waals surface area contributed by atoms with Gasteiger partial charge in [0.1, 0.15) is 0 Å². The summed E-state index contributed by atoms with van der Waals surface area (Å²) in [5.74, 6) is 1.75. The molecule has 1 unspecified atom stereocenters. The molecule has 4 heteroatoms. The molecule has 0 aliphatic rings. The van der Waals surface area contributed by atoms with Crippen molar-refractivity contribution < 1.29 is 5.11 Å². The van der Waals surface area contributed by atoms with E-state index in [0.717, 1.165) is 17.1 Å². The molecule has 0 saturated carbocycles. The van der Waals surface area contributed by atoms with Gasteiger partial charge in [0.15, 0.2) is 0 Å². The van der Waals surface area contributed by atoms with Crippen LogP contribution in [0.15, 0.2) is 18.2 Å². The highest BCUT2D eigenvalue weighted by Gasteiger charge is 2.09. The van der Waals surface area contributed by atoms with Gasteiger partial charge in [-0.25, -0.2) is 0 Å². The van der Waals surface area contributed by atoms with E-state index < -0.39 is 0 Å². The fraction of sp³-hybridized carbons (Fsp3) is 0.455. The van der Waals surface area contributed by atoms with Gasteiger partial charge in [-0.05, 0) is 17.4 Å². The summed E-state index contributed by atoms with van der Waals surface area (Å²) in [5, 5.41) is 10.8. The Hall–Kier alpha value is 0.110. The quantitative estimate of drug-likeness (QED) is 0.876. The van der Waals surface area contributed by atoms with E-state index in [0.29, 0.717) is 16.5 Å². The van der Waals surface area contributed by atoms with Crippen LogP contribution < -0.4 is 0 Å².